The summed E-state index contributed by atoms with van der Waals surface area (Å²) in [5.41, 5.74) is 18.4. The van der Waals surface area contributed by atoms with E-state index in [9.17, 15) is 0 Å². The van der Waals surface area contributed by atoms with Gasteiger partial charge >= 0.3 is 0 Å². The maximum Gasteiger partial charge on any atom is 0.135 e. The van der Waals surface area contributed by atoms with Crippen molar-refractivity contribution in [3.8, 4) is 62.2 Å². The minimum absolute atomic E-state index is 0. The summed E-state index contributed by atoms with van der Waals surface area (Å²) in [6.07, 6.45) is 1.83. The number of ether oxygens (including phenoxy) is 2. The van der Waals surface area contributed by atoms with Gasteiger partial charge < -0.3 is 23.8 Å². The van der Waals surface area contributed by atoms with E-state index in [-0.39, 0.29) is 61.5 Å². The van der Waals surface area contributed by atoms with Crippen molar-refractivity contribution in [2.24, 2.45) is 0 Å². The number of rotatable bonds is 7. The van der Waals surface area contributed by atoms with Crippen molar-refractivity contribution in [2.75, 3.05) is 9.80 Å². The van der Waals surface area contributed by atoms with Gasteiger partial charge in [-0.1, -0.05) is 219 Å². The van der Waals surface area contributed by atoms with Gasteiger partial charge in [0.2, 0.25) is 0 Å². The van der Waals surface area contributed by atoms with Gasteiger partial charge in [-0.05, 0) is 108 Å². The fraction of sp³-hybridized carbons (Fsp3) is 0.165. The molecule has 0 radical (unpaired) electrons. The van der Waals surface area contributed by atoms with E-state index in [1.165, 1.54) is 33.4 Å². The molecule has 426 valence electrons. The standard InChI is InChI=1S/C79H65N4O2.Pt/c1-76(2,3)51-39-42-73(80-48-51)83-67-34-15-11-25-58(67)59-41-40-56(47-70(59)83)84-55-24-20-23-54(46-55)81-49-82(69-36-17-16-35-68(69)81)75-57(50-43-52(77(4,5)6)45-53(44-50)78(7,8)9)27-21-29-61(75)60-28-22-33-66-74(60)62-26-10-12-30-63(62)79(66)64-31-13-18-37-71(64)85-72-38-19-14-32-65(72)79;/h10-45,48-49H,1-9H3;/q-3;/i11D,15D,25D,34D;. The average molecular weight is 1300 g/mol. The Hall–Kier alpha value is -8.96. The number of hydrogen-bond acceptors (Lipinski definition) is 5. The number of benzene rings is 10. The van der Waals surface area contributed by atoms with Gasteiger partial charge in [-0.2, -0.15) is 12.1 Å². The summed E-state index contributed by atoms with van der Waals surface area (Å²) in [7, 11) is 0. The first-order chi connectivity index (χ1) is 42.7. The fourth-order valence-electron chi connectivity index (χ4n) is 13.1. The molecule has 12 aromatic rings. The molecule has 6 nitrogen and oxygen atoms in total. The Morgan fingerprint density at radius 2 is 1.09 bits per heavy atom. The maximum absolute atomic E-state index is 9.15. The van der Waals surface area contributed by atoms with Crippen LogP contribution in [0.2, 0.25) is 0 Å². The minimum Gasteiger partial charge on any atom is -0.509 e. The number of para-hydroxylation sites is 6. The van der Waals surface area contributed by atoms with E-state index >= 15 is 0 Å². The van der Waals surface area contributed by atoms with Gasteiger partial charge in [-0.15, -0.1) is 48.1 Å². The van der Waals surface area contributed by atoms with Crippen LogP contribution in [0.3, 0.4) is 0 Å². The molecule has 0 saturated heterocycles. The molecule has 15 rings (SSSR count). The zero-order valence-corrected chi connectivity index (χ0v) is 51.8. The van der Waals surface area contributed by atoms with Crippen LogP contribution in [-0.4, -0.2) is 9.55 Å². The summed E-state index contributed by atoms with van der Waals surface area (Å²) in [6.45, 7) is 22.4. The Balaban J connectivity index is 0.00000707. The third kappa shape index (κ3) is 8.73. The predicted molar refractivity (Wildman–Crippen MR) is 349 cm³/mol. The van der Waals surface area contributed by atoms with Crippen LogP contribution in [0.4, 0.5) is 22.7 Å². The van der Waals surface area contributed by atoms with E-state index in [1.54, 1.807) is 10.6 Å². The molecular weight excluding hydrogens is 1230 g/mol. The van der Waals surface area contributed by atoms with Crippen molar-refractivity contribution in [1.29, 1.82) is 0 Å². The summed E-state index contributed by atoms with van der Waals surface area (Å²) in [6, 6.07) is 75.0. The van der Waals surface area contributed by atoms with E-state index in [1.807, 2.05) is 42.6 Å². The zero-order chi connectivity index (χ0) is 61.6. The summed E-state index contributed by atoms with van der Waals surface area (Å²) in [5.74, 6) is 3.02. The molecule has 0 N–H and O–H groups in total. The van der Waals surface area contributed by atoms with Crippen molar-refractivity contribution >= 4 is 44.6 Å². The van der Waals surface area contributed by atoms with Crippen molar-refractivity contribution in [3.05, 3.63) is 282 Å². The summed E-state index contributed by atoms with van der Waals surface area (Å²) in [5, 5.41) is 0.990. The quantitative estimate of drug-likeness (QED) is 0.149. The molecule has 10 aromatic carbocycles. The zero-order valence-electron chi connectivity index (χ0n) is 53.6. The molecule has 7 heteroatoms. The van der Waals surface area contributed by atoms with E-state index in [0.29, 0.717) is 39.1 Å². The third-order valence-corrected chi connectivity index (χ3v) is 17.4. The van der Waals surface area contributed by atoms with Gasteiger partial charge in [0.1, 0.15) is 17.3 Å². The van der Waals surface area contributed by atoms with Gasteiger partial charge in [0.05, 0.1) is 10.9 Å². The maximum atomic E-state index is 9.15. The Morgan fingerprint density at radius 1 is 0.512 bits per heavy atom. The average Bonchev–Trinajstić information content (AvgIpc) is 1.49. The Kier molecular flexibility index (Phi) is 11.9. The van der Waals surface area contributed by atoms with Crippen molar-refractivity contribution in [1.82, 2.24) is 9.55 Å². The summed E-state index contributed by atoms with van der Waals surface area (Å²) in [4.78, 5) is 9.43. The molecule has 2 aliphatic heterocycles. The van der Waals surface area contributed by atoms with Crippen LogP contribution in [0.5, 0.6) is 23.0 Å². The largest absolute Gasteiger partial charge is 0.509 e. The molecule has 86 heavy (non-hydrogen) atoms. The Bertz CT molecular complexity index is 4840. The number of pyridine rings is 1. The van der Waals surface area contributed by atoms with Crippen molar-refractivity contribution in [3.63, 3.8) is 0 Å². The van der Waals surface area contributed by atoms with Crippen LogP contribution in [0.1, 0.15) is 107 Å². The van der Waals surface area contributed by atoms with Crippen LogP contribution >= 0.6 is 0 Å². The summed E-state index contributed by atoms with van der Waals surface area (Å²) < 4.78 is 50.9. The molecule has 3 aliphatic rings. The fourth-order valence-corrected chi connectivity index (χ4v) is 13.1. The SMILES string of the molecule is [2H]c1c([2H])c([2H])c2c(c1[2H])c1ccc(Oc3[c-]c(N4[CH-]N(c5c(-c6cc(C(C)(C)C)cc(C(C)(C)C)c6)cccc5-c5cccc6c5-c5ccccc5C65c6ccccc6Oc6ccccc65)c5ccccc54)ccc3)[c-]c1n2-c1ccc(C(C)(C)C)cn1.[Pt]. The molecule has 0 bridgehead atoms. The second kappa shape index (κ2) is 20.4. The number of nitrogens with zero attached hydrogens (tertiary/aromatic N) is 4. The molecule has 0 amide bonds. The second-order valence-corrected chi connectivity index (χ2v) is 25.8. The molecule has 0 atom stereocenters. The molecule has 0 fully saturated rings. The monoisotopic (exact) mass is 1300 g/mol. The number of anilines is 4. The van der Waals surface area contributed by atoms with Gasteiger partial charge in [0.15, 0.2) is 0 Å². The molecule has 0 unspecified atom stereocenters. The van der Waals surface area contributed by atoms with Crippen molar-refractivity contribution < 1.29 is 36.0 Å². The molecule has 1 spiro atoms. The van der Waals surface area contributed by atoms with Crippen LogP contribution in [0.15, 0.2) is 224 Å². The van der Waals surface area contributed by atoms with E-state index < -0.39 is 5.41 Å². The molecule has 1 aliphatic carbocycles. The normalized spacial score (nSPS) is 14.5. The summed E-state index contributed by atoms with van der Waals surface area (Å²) >= 11 is 0. The van der Waals surface area contributed by atoms with Crippen LogP contribution in [0.25, 0.3) is 61.0 Å². The first-order valence-electron chi connectivity index (χ1n) is 31.3. The minimum atomic E-state index is -0.660. The molecule has 2 aromatic heterocycles. The van der Waals surface area contributed by atoms with Crippen molar-refractivity contribution in [2.45, 2.75) is 84.0 Å². The number of fused-ring (bicyclic) bond motifs is 13. The van der Waals surface area contributed by atoms with E-state index in [4.69, 9.17) is 19.9 Å². The second-order valence-electron chi connectivity index (χ2n) is 25.8. The smallest absolute Gasteiger partial charge is 0.135 e. The first-order valence-corrected chi connectivity index (χ1v) is 29.3. The third-order valence-electron chi connectivity index (χ3n) is 17.4. The molecule has 4 heterocycles. The Labute approximate surface area is 525 Å². The molecular formula is C79H65N4O2Pt-3. The topological polar surface area (TPSA) is 42.8 Å². The van der Waals surface area contributed by atoms with Crippen LogP contribution in [0, 0.1) is 18.8 Å². The van der Waals surface area contributed by atoms with Crippen LogP contribution in [-0.2, 0) is 42.7 Å². The van der Waals surface area contributed by atoms with Gasteiger partial charge in [-0.25, -0.2) is 4.98 Å². The first kappa shape index (κ1) is 50.4. The van der Waals surface area contributed by atoms with E-state index in [0.717, 1.165) is 73.2 Å². The van der Waals surface area contributed by atoms with Crippen LogP contribution < -0.4 is 19.3 Å². The number of hydrogen-bond donors (Lipinski definition) is 0. The van der Waals surface area contributed by atoms with Gasteiger partial charge in [0.25, 0.3) is 0 Å². The Morgan fingerprint density at radius 3 is 1.79 bits per heavy atom. The predicted octanol–water partition coefficient (Wildman–Crippen LogP) is 20.7. The molecule has 0 saturated carbocycles. The van der Waals surface area contributed by atoms with Gasteiger partial charge in [0, 0.05) is 83.6 Å². The number of aromatic nitrogens is 2. The van der Waals surface area contributed by atoms with Gasteiger partial charge in [-0.3, -0.25) is 0 Å². The van der Waals surface area contributed by atoms with E-state index in [2.05, 4.69) is 243 Å².